The summed E-state index contributed by atoms with van der Waals surface area (Å²) >= 11 is 0. The molecular formula is C21H24N2O6. The van der Waals surface area contributed by atoms with Crippen LogP contribution in [0.25, 0.3) is 0 Å². The Bertz CT molecular complexity index is 885. The molecule has 0 radical (unpaired) electrons. The molecule has 0 aliphatic carbocycles. The zero-order valence-electron chi connectivity index (χ0n) is 16.6. The Kier molecular flexibility index (Phi) is 6.56. The molecular weight excluding hydrogens is 376 g/mol. The number of amides is 2. The van der Waals surface area contributed by atoms with Crippen LogP contribution in [0.5, 0.6) is 17.2 Å². The quantitative estimate of drug-likeness (QED) is 0.766. The monoisotopic (exact) mass is 400 g/mol. The average molecular weight is 400 g/mol. The third-order valence-corrected chi connectivity index (χ3v) is 4.70. The van der Waals surface area contributed by atoms with E-state index in [1.807, 2.05) is 12.1 Å². The maximum Gasteiger partial charge on any atom is 0.249 e. The van der Waals surface area contributed by atoms with Crippen LogP contribution in [0.4, 0.5) is 5.69 Å². The highest BCUT2D eigenvalue weighted by molar-refractivity contribution is 5.98. The molecule has 0 spiro atoms. The summed E-state index contributed by atoms with van der Waals surface area (Å²) in [6.07, 6.45) is 0. The number of morpholine rings is 1. The van der Waals surface area contributed by atoms with Crippen molar-refractivity contribution in [3.8, 4) is 17.2 Å². The number of hydrogen-bond donors (Lipinski definition) is 1. The molecule has 8 nitrogen and oxygen atoms in total. The van der Waals surface area contributed by atoms with Gasteiger partial charge in [-0.25, -0.2) is 0 Å². The molecule has 0 bridgehead atoms. The molecule has 2 aromatic rings. The maximum absolute atomic E-state index is 12.9. The standard InChI is InChI=1S/C21H24N2O6/c1-26-15-9-8-14(19(10-15)28-3)11-23-17(12-29-13-20(23)24)21(25)22-16-6-4-5-7-18(16)27-2/h4-10,17H,11-13H2,1-3H3,(H,22,25). The number of para-hydroxylation sites is 2. The van der Waals surface area contributed by atoms with Gasteiger partial charge in [0.2, 0.25) is 11.8 Å². The lowest BCUT2D eigenvalue weighted by Crippen LogP contribution is -2.54. The lowest BCUT2D eigenvalue weighted by Gasteiger charge is -2.34. The molecule has 1 saturated heterocycles. The van der Waals surface area contributed by atoms with Gasteiger partial charge in [-0.1, -0.05) is 12.1 Å². The van der Waals surface area contributed by atoms with Gasteiger partial charge in [0.1, 0.15) is 29.9 Å². The van der Waals surface area contributed by atoms with Gasteiger partial charge in [-0.05, 0) is 24.3 Å². The van der Waals surface area contributed by atoms with Crippen molar-refractivity contribution >= 4 is 17.5 Å². The van der Waals surface area contributed by atoms with Crippen molar-refractivity contribution in [3.05, 3.63) is 48.0 Å². The SMILES string of the molecule is COc1ccc(CN2C(=O)COCC2C(=O)Nc2ccccc2OC)c(OC)c1. The molecule has 0 aromatic heterocycles. The van der Waals surface area contributed by atoms with Crippen molar-refractivity contribution < 1.29 is 28.5 Å². The number of benzene rings is 2. The van der Waals surface area contributed by atoms with E-state index < -0.39 is 6.04 Å². The Morgan fingerprint density at radius 2 is 1.86 bits per heavy atom. The molecule has 1 fully saturated rings. The Hall–Kier alpha value is -3.26. The van der Waals surface area contributed by atoms with Crippen LogP contribution < -0.4 is 19.5 Å². The van der Waals surface area contributed by atoms with Crippen molar-refractivity contribution in [2.24, 2.45) is 0 Å². The second-order valence-corrected chi connectivity index (χ2v) is 6.42. The van der Waals surface area contributed by atoms with Crippen LogP contribution in [0.1, 0.15) is 5.56 Å². The first-order valence-corrected chi connectivity index (χ1v) is 9.09. The maximum atomic E-state index is 12.9. The van der Waals surface area contributed by atoms with Crippen LogP contribution in [0.15, 0.2) is 42.5 Å². The fourth-order valence-corrected chi connectivity index (χ4v) is 3.15. The Labute approximate surface area is 169 Å². The molecule has 154 valence electrons. The largest absolute Gasteiger partial charge is 0.497 e. The lowest BCUT2D eigenvalue weighted by atomic mass is 10.1. The third kappa shape index (κ3) is 4.60. The summed E-state index contributed by atoms with van der Waals surface area (Å²) in [6.45, 7) is 0.238. The van der Waals surface area contributed by atoms with Gasteiger partial charge in [0.05, 0.1) is 40.2 Å². The van der Waals surface area contributed by atoms with E-state index in [0.717, 1.165) is 5.56 Å². The average Bonchev–Trinajstić information content (AvgIpc) is 2.75. The number of anilines is 1. The second kappa shape index (κ2) is 9.29. The van der Waals surface area contributed by atoms with E-state index in [9.17, 15) is 9.59 Å². The predicted molar refractivity (Wildman–Crippen MR) is 106 cm³/mol. The van der Waals surface area contributed by atoms with E-state index in [1.165, 1.54) is 12.0 Å². The molecule has 2 amide bonds. The lowest BCUT2D eigenvalue weighted by molar-refractivity contribution is -0.154. The van der Waals surface area contributed by atoms with Gasteiger partial charge >= 0.3 is 0 Å². The van der Waals surface area contributed by atoms with E-state index in [2.05, 4.69) is 5.32 Å². The number of carbonyl (C=O) groups excluding carboxylic acids is 2. The smallest absolute Gasteiger partial charge is 0.249 e. The van der Waals surface area contributed by atoms with Crippen molar-refractivity contribution in [1.82, 2.24) is 4.90 Å². The summed E-state index contributed by atoms with van der Waals surface area (Å²) in [5.41, 5.74) is 1.29. The van der Waals surface area contributed by atoms with Gasteiger partial charge in [-0.2, -0.15) is 0 Å². The summed E-state index contributed by atoms with van der Waals surface area (Å²) < 4.78 is 21.2. The minimum Gasteiger partial charge on any atom is -0.497 e. The minimum atomic E-state index is -0.784. The fourth-order valence-electron chi connectivity index (χ4n) is 3.15. The summed E-state index contributed by atoms with van der Waals surface area (Å²) in [4.78, 5) is 27.0. The van der Waals surface area contributed by atoms with Crippen molar-refractivity contribution in [3.63, 3.8) is 0 Å². The number of rotatable bonds is 7. The normalized spacial score (nSPS) is 16.3. The van der Waals surface area contributed by atoms with Crippen LogP contribution in [-0.4, -0.2) is 57.3 Å². The van der Waals surface area contributed by atoms with Crippen LogP contribution in [0.2, 0.25) is 0 Å². The first kappa shape index (κ1) is 20.5. The van der Waals surface area contributed by atoms with E-state index >= 15 is 0 Å². The molecule has 1 aliphatic rings. The molecule has 0 saturated carbocycles. The van der Waals surface area contributed by atoms with Crippen LogP contribution in [0, 0.1) is 0 Å². The second-order valence-electron chi connectivity index (χ2n) is 6.42. The number of nitrogens with one attached hydrogen (secondary N) is 1. The van der Waals surface area contributed by atoms with Crippen LogP contribution >= 0.6 is 0 Å². The van der Waals surface area contributed by atoms with Gasteiger partial charge in [-0.3, -0.25) is 9.59 Å². The zero-order valence-corrected chi connectivity index (χ0v) is 16.6. The van der Waals surface area contributed by atoms with E-state index in [-0.39, 0.29) is 31.6 Å². The highest BCUT2D eigenvalue weighted by Crippen LogP contribution is 2.28. The van der Waals surface area contributed by atoms with E-state index in [4.69, 9.17) is 18.9 Å². The Morgan fingerprint density at radius 3 is 2.59 bits per heavy atom. The van der Waals surface area contributed by atoms with E-state index in [1.54, 1.807) is 44.6 Å². The summed E-state index contributed by atoms with van der Waals surface area (Å²) in [5.74, 6) is 1.13. The molecule has 1 heterocycles. The summed E-state index contributed by atoms with van der Waals surface area (Å²) in [5, 5.41) is 2.83. The molecule has 8 heteroatoms. The first-order valence-electron chi connectivity index (χ1n) is 9.09. The molecule has 29 heavy (non-hydrogen) atoms. The highest BCUT2D eigenvalue weighted by Gasteiger charge is 2.35. The zero-order chi connectivity index (χ0) is 20.8. The third-order valence-electron chi connectivity index (χ3n) is 4.70. The topological polar surface area (TPSA) is 86.3 Å². The Morgan fingerprint density at radius 1 is 1.10 bits per heavy atom. The summed E-state index contributed by atoms with van der Waals surface area (Å²) in [6, 6.07) is 11.6. The number of nitrogens with zero attached hydrogens (tertiary/aromatic N) is 1. The van der Waals surface area contributed by atoms with Gasteiger partial charge in [0, 0.05) is 11.6 Å². The molecule has 1 N–H and O–H groups in total. The van der Waals surface area contributed by atoms with Crippen molar-refractivity contribution in [2.75, 3.05) is 39.9 Å². The summed E-state index contributed by atoms with van der Waals surface area (Å²) in [7, 11) is 4.64. The van der Waals surface area contributed by atoms with Crippen molar-refractivity contribution in [1.29, 1.82) is 0 Å². The fraction of sp³-hybridized carbons (Fsp3) is 0.333. The van der Waals surface area contributed by atoms with Gasteiger partial charge < -0.3 is 29.2 Å². The van der Waals surface area contributed by atoms with Gasteiger partial charge in [0.25, 0.3) is 0 Å². The molecule has 2 aromatic carbocycles. The highest BCUT2D eigenvalue weighted by atomic mass is 16.5. The minimum absolute atomic E-state index is 0.0725. The van der Waals surface area contributed by atoms with Crippen molar-refractivity contribution in [2.45, 2.75) is 12.6 Å². The number of methoxy groups -OCH3 is 3. The predicted octanol–water partition coefficient (Wildman–Crippen LogP) is 2.08. The number of ether oxygens (including phenoxy) is 4. The molecule has 1 unspecified atom stereocenters. The van der Waals surface area contributed by atoms with Crippen LogP contribution in [0.3, 0.4) is 0 Å². The van der Waals surface area contributed by atoms with E-state index in [0.29, 0.717) is 22.9 Å². The number of carbonyl (C=O) groups is 2. The molecule has 1 aliphatic heterocycles. The Balaban J connectivity index is 1.82. The molecule has 3 rings (SSSR count). The first-order chi connectivity index (χ1) is 14.1. The van der Waals surface area contributed by atoms with Gasteiger partial charge in [-0.15, -0.1) is 0 Å². The van der Waals surface area contributed by atoms with Crippen LogP contribution in [-0.2, 0) is 20.9 Å². The number of hydrogen-bond acceptors (Lipinski definition) is 6. The molecule has 1 atom stereocenters. The van der Waals surface area contributed by atoms with Gasteiger partial charge in [0.15, 0.2) is 0 Å².